The number of aliphatic hydroxyl groups excluding tert-OH is 1. The van der Waals surface area contributed by atoms with Crippen LogP contribution >= 0.6 is 0 Å². The fourth-order valence-electron chi connectivity index (χ4n) is 2.04. The van der Waals surface area contributed by atoms with Gasteiger partial charge >= 0.3 is 6.03 Å². The Morgan fingerprint density at radius 2 is 1.95 bits per heavy atom. The van der Waals surface area contributed by atoms with Gasteiger partial charge in [-0.3, -0.25) is 0 Å². The summed E-state index contributed by atoms with van der Waals surface area (Å²) in [6.45, 7) is 0.473. The molecule has 0 unspecified atom stereocenters. The molecule has 0 heterocycles. The molecular weight excluding hydrogens is 285 g/mol. The Labute approximate surface area is 120 Å². The number of carbonyl (C=O) groups is 1. The monoisotopic (exact) mass is 302 g/mol. The molecule has 2 amide bonds. The summed E-state index contributed by atoms with van der Waals surface area (Å²) < 4.78 is 39.5. The second kappa shape index (κ2) is 6.80. The van der Waals surface area contributed by atoms with Crippen LogP contribution in [0.15, 0.2) is 12.1 Å². The van der Waals surface area contributed by atoms with Gasteiger partial charge in [-0.2, -0.15) is 0 Å². The molecule has 1 aromatic carbocycles. The van der Waals surface area contributed by atoms with E-state index in [0.29, 0.717) is 19.4 Å². The van der Waals surface area contributed by atoms with Crippen LogP contribution in [0.5, 0.6) is 0 Å². The predicted octanol–water partition coefficient (Wildman–Crippen LogP) is 2.87. The van der Waals surface area contributed by atoms with E-state index in [4.69, 9.17) is 5.11 Å². The number of rotatable bonds is 6. The van der Waals surface area contributed by atoms with Gasteiger partial charge in [0.2, 0.25) is 0 Å². The Kier molecular flexibility index (Phi) is 5.06. The van der Waals surface area contributed by atoms with Crippen LogP contribution in [-0.2, 0) is 0 Å². The highest BCUT2D eigenvalue weighted by Gasteiger charge is 2.32. The van der Waals surface area contributed by atoms with E-state index in [1.54, 1.807) is 0 Å². The van der Waals surface area contributed by atoms with Crippen LogP contribution < -0.4 is 5.32 Å². The first-order chi connectivity index (χ1) is 10.0. The van der Waals surface area contributed by atoms with Crippen molar-refractivity contribution in [3.8, 4) is 0 Å². The maximum absolute atomic E-state index is 13.5. The highest BCUT2D eigenvalue weighted by Crippen LogP contribution is 2.28. The molecule has 4 nitrogen and oxygen atoms in total. The van der Waals surface area contributed by atoms with E-state index >= 15 is 0 Å². The number of amides is 2. The molecule has 0 aliphatic heterocycles. The average molecular weight is 302 g/mol. The molecule has 0 radical (unpaired) electrons. The molecule has 0 bridgehead atoms. The van der Waals surface area contributed by atoms with Crippen molar-refractivity contribution in [1.29, 1.82) is 0 Å². The fraction of sp³-hybridized carbons (Fsp3) is 0.500. The first-order valence-corrected chi connectivity index (χ1v) is 6.86. The summed E-state index contributed by atoms with van der Waals surface area (Å²) in [6.07, 6.45) is 2.93. The normalized spacial score (nSPS) is 14.1. The number of hydrogen-bond acceptors (Lipinski definition) is 2. The van der Waals surface area contributed by atoms with Crippen molar-refractivity contribution in [2.45, 2.75) is 31.7 Å². The lowest BCUT2D eigenvalue weighted by molar-refractivity contribution is 0.203. The summed E-state index contributed by atoms with van der Waals surface area (Å²) in [5, 5.41) is 11.0. The number of anilines is 1. The number of urea groups is 1. The number of aliphatic hydroxyl groups is 1. The van der Waals surface area contributed by atoms with Gasteiger partial charge in [0, 0.05) is 19.2 Å². The molecule has 1 aromatic rings. The second-order valence-corrected chi connectivity index (χ2v) is 5.01. The molecule has 116 valence electrons. The average Bonchev–Trinajstić information content (AvgIpc) is 3.29. The van der Waals surface area contributed by atoms with E-state index in [1.165, 1.54) is 4.90 Å². The van der Waals surface area contributed by atoms with Gasteiger partial charge in [0.15, 0.2) is 17.5 Å². The number of unbranched alkanes of at least 4 members (excludes halogenated alkanes) is 1. The van der Waals surface area contributed by atoms with Crippen LogP contribution in [0.4, 0.5) is 23.7 Å². The van der Waals surface area contributed by atoms with Crippen LogP contribution in [0, 0.1) is 17.5 Å². The highest BCUT2D eigenvalue weighted by atomic mass is 19.2. The van der Waals surface area contributed by atoms with Crippen LogP contribution in [-0.4, -0.2) is 35.2 Å². The molecule has 0 atom stereocenters. The maximum Gasteiger partial charge on any atom is 0.322 e. The van der Waals surface area contributed by atoms with Crippen LogP contribution in [0.25, 0.3) is 0 Å². The number of hydrogen-bond donors (Lipinski definition) is 2. The van der Waals surface area contributed by atoms with Gasteiger partial charge in [0.05, 0.1) is 5.69 Å². The zero-order chi connectivity index (χ0) is 15.4. The molecule has 1 saturated carbocycles. The van der Waals surface area contributed by atoms with Gasteiger partial charge in [-0.25, -0.2) is 18.0 Å². The Morgan fingerprint density at radius 1 is 1.24 bits per heavy atom. The van der Waals surface area contributed by atoms with Crippen LogP contribution in [0.1, 0.15) is 25.7 Å². The van der Waals surface area contributed by atoms with Crippen molar-refractivity contribution >= 4 is 11.7 Å². The number of carbonyl (C=O) groups excluding carboxylic acids is 1. The van der Waals surface area contributed by atoms with Gasteiger partial charge in [0.25, 0.3) is 0 Å². The number of halogens is 3. The van der Waals surface area contributed by atoms with Crippen molar-refractivity contribution in [3.05, 3.63) is 29.6 Å². The first-order valence-electron chi connectivity index (χ1n) is 6.86. The lowest BCUT2D eigenvalue weighted by atomic mass is 10.2. The summed E-state index contributed by atoms with van der Waals surface area (Å²) in [4.78, 5) is 13.6. The molecule has 0 spiro atoms. The third-order valence-corrected chi connectivity index (χ3v) is 3.33. The number of benzene rings is 1. The molecule has 1 aliphatic carbocycles. The van der Waals surface area contributed by atoms with Gasteiger partial charge < -0.3 is 15.3 Å². The zero-order valence-corrected chi connectivity index (χ0v) is 11.4. The Morgan fingerprint density at radius 3 is 2.57 bits per heavy atom. The largest absolute Gasteiger partial charge is 0.396 e. The van der Waals surface area contributed by atoms with Crippen molar-refractivity contribution in [2.75, 3.05) is 18.5 Å². The summed E-state index contributed by atoms with van der Waals surface area (Å²) in [6, 6.07) is 1.31. The Bertz CT molecular complexity index is 521. The number of nitrogens with zero attached hydrogens (tertiary/aromatic N) is 1. The third-order valence-electron chi connectivity index (χ3n) is 3.33. The molecule has 0 aromatic heterocycles. The predicted molar refractivity (Wildman–Crippen MR) is 71.4 cm³/mol. The summed E-state index contributed by atoms with van der Waals surface area (Å²) in [5.41, 5.74) is -0.383. The minimum Gasteiger partial charge on any atom is -0.396 e. The van der Waals surface area contributed by atoms with E-state index in [1.807, 2.05) is 0 Å². The second-order valence-electron chi connectivity index (χ2n) is 5.01. The highest BCUT2D eigenvalue weighted by molar-refractivity contribution is 5.89. The summed E-state index contributed by atoms with van der Waals surface area (Å²) in [7, 11) is 0. The Hall–Kier alpha value is -1.76. The van der Waals surface area contributed by atoms with Crippen molar-refractivity contribution < 1.29 is 23.1 Å². The molecule has 2 rings (SSSR count). The van der Waals surface area contributed by atoms with E-state index in [0.717, 1.165) is 25.0 Å². The Balaban J connectivity index is 2.03. The van der Waals surface area contributed by atoms with Gasteiger partial charge in [-0.05, 0) is 37.8 Å². The van der Waals surface area contributed by atoms with E-state index in [9.17, 15) is 18.0 Å². The molecule has 21 heavy (non-hydrogen) atoms. The van der Waals surface area contributed by atoms with Crippen LogP contribution in [0.3, 0.4) is 0 Å². The minimum atomic E-state index is -1.61. The standard InChI is InChI=1S/C14H17F3N2O2/c15-10-5-6-11(13(17)12(10)16)18-14(21)19(9-3-4-9)7-1-2-8-20/h5-6,9,20H,1-4,7-8H2,(H,18,21). The van der Waals surface area contributed by atoms with Gasteiger partial charge in [-0.1, -0.05) is 0 Å². The van der Waals surface area contributed by atoms with E-state index in [2.05, 4.69) is 5.32 Å². The summed E-state index contributed by atoms with van der Waals surface area (Å²) >= 11 is 0. The molecule has 2 N–H and O–H groups in total. The lowest BCUT2D eigenvalue weighted by Gasteiger charge is -2.23. The quantitative estimate of drug-likeness (QED) is 0.627. The minimum absolute atomic E-state index is 0.0396. The van der Waals surface area contributed by atoms with E-state index in [-0.39, 0.29) is 18.3 Å². The number of nitrogens with one attached hydrogen (secondary N) is 1. The summed E-state index contributed by atoms with van der Waals surface area (Å²) in [5.74, 6) is -4.31. The topological polar surface area (TPSA) is 52.6 Å². The lowest BCUT2D eigenvalue weighted by Crippen LogP contribution is -2.37. The first kappa shape index (κ1) is 15.6. The molecular formula is C14H17F3N2O2. The van der Waals surface area contributed by atoms with Crippen molar-refractivity contribution in [1.82, 2.24) is 4.90 Å². The molecule has 7 heteroatoms. The zero-order valence-electron chi connectivity index (χ0n) is 11.4. The van der Waals surface area contributed by atoms with Crippen LogP contribution in [0.2, 0.25) is 0 Å². The molecule has 1 fully saturated rings. The van der Waals surface area contributed by atoms with Gasteiger partial charge in [-0.15, -0.1) is 0 Å². The third kappa shape index (κ3) is 3.87. The molecule has 1 aliphatic rings. The van der Waals surface area contributed by atoms with Crippen molar-refractivity contribution in [2.24, 2.45) is 0 Å². The van der Waals surface area contributed by atoms with E-state index < -0.39 is 23.5 Å². The maximum atomic E-state index is 13.5. The molecule has 0 saturated heterocycles. The van der Waals surface area contributed by atoms with Crippen molar-refractivity contribution in [3.63, 3.8) is 0 Å². The smallest absolute Gasteiger partial charge is 0.322 e. The fourth-order valence-corrected chi connectivity index (χ4v) is 2.04. The van der Waals surface area contributed by atoms with Gasteiger partial charge in [0.1, 0.15) is 0 Å². The SMILES string of the molecule is O=C(Nc1ccc(F)c(F)c1F)N(CCCCO)C1CC1.